The van der Waals surface area contributed by atoms with Crippen LogP contribution in [0.25, 0.3) is 0 Å². The SMILES string of the molecule is COC1CN(S(=O)(=O)c2cc(CN)ccc2F)CC1OC. The first-order chi connectivity index (χ1) is 9.93. The van der Waals surface area contributed by atoms with Crippen molar-refractivity contribution in [1.82, 2.24) is 4.31 Å². The van der Waals surface area contributed by atoms with Gasteiger partial charge in [0.2, 0.25) is 10.0 Å². The van der Waals surface area contributed by atoms with E-state index in [2.05, 4.69) is 0 Å². The molecule has 8 heteroatoms. The molecule has 0 spiro atoms. The summed E-state index contributed by atoms with van der Waals surface area (Å²) in [5, 5.41) is 0. The average molecular weight is 318 g/mol. The molecular formula is C13H19FN2O4S. The Morgan fingerprint density at radius 1 is 1.29 bits per heavy atom. The van der Waals surface area contributed by atoms with E-state index in [4.69, 9.17) is 15.2 Å². The second-order valence-corrected chi connectivity index (χ2v) is 6.75. The molecule has 0 aliphatic carbocycles. The van der Waals surface area contributed by atoms with E-state index in [-0.39, 0.29) is 36.7 Å². The van der Waals surface area contributed by atoms with Gasteiger partial charge >= 0.3 is 0 Å². The molecule has 21 heavy (non-hydrogen) atoms. The highest BCUT2D eigenvalue weighted by Crippen LogP contribution is 2.26. The Bertz CT molecular complexity index is 596. The number of nitrogens with zero attached hydrogens (tertiary/aromatic N) is 1. The summed E-state index contributed by atoms with van der Waals surface area (Å²) in [7, 11) is -0.968. The lowest BCUT2D eigenvalue weighted by atomic mass is 10.2. The third kappa shape index (κ3) is 3.09. The molecule has 1 aliphatic rings. The molecule has 0 aromatic heterocycles. The second-order valence-electron chi connectivity index (χ2n) is 4.84. The summed E-state index contributed by atoms with van der Waals surface area (Å²) >= 11 is 0. The van der Waals surface area contributed by atoms with E-state index in [9.17, 15) is 12.8 Å². The summed E-state index contributed by atoms with van der Waals surface area (Å²) in [6.45, 7) is 0.400. The largest absolute Gasteiger partial charge is 0.377 e. The number of benzene rings is 1. The van der Waals surface area contributed by atoms with Crippen LogP contribution in [0.3, 0.4) is 0 Å². The normalized spacial score (nSPS) is 23.6. The first-order valence-corrected chi connectivity index (χ1v) is 7.92. The lowest BCUT2D eigenvalue weighted by Gasteiger charge is -2.17. The lowest BCUT2D eigenvalue weighted by Crippen LogP contribution is -2.31. The quantitative estimate of drug-likeness (QED) is 0.845. The molecule has 1 fully saturated rings. The average Bonchev–Trinajstić information content (AvgIpc) is 2.91. The Hall–Kier alpha value is -1.06. The summed E-state index contributed by atoms with van der Waals surface area (Å²) in [4.78, 5) is -0.364. The second kappa shape index (κ2) is 6.37. The topological polar surface area (TPSA) is 81.9 Å². The molecule has 118 valence electrons. The number of hydrogen-bond acceptors (Lipinski definition) is 5. The van der Waals surface area contributed by atoms with Crippen molar-refractivity contribution in [3.05, 3.63) is 29.6 Å². The predicted molar refractivity (Wildman–Crippen MR) is 74.6 cm³/mol. The number of hydrogen-bond donors (Lipinski definition) is 1. The van der Waals surface area contributed by atoms with Gasteiger partial charge < -0.3 is 15.2 Å². The zero-order valence-electron chi connectivity index (χ0n) is 12.0. The van der Waals surface area contributed by atoms with Crippen molar-refractivity contribution < 1.29 is 22.3 Å². The summed E-state index contributed by atoms with van der Waals surface area (Å²) in [6, 6.07) is 3.85. The molecule has 2 rings (SSSR count). The van der Waals surface area contributed by atoms with Gasteiger partial charge in [0.1, 0.15) is 10.7 Å². The zero-order chi connectivity index (χ0) is 15.6. The number of methoxy groups -OCH3 is 2. The van der Waals surface area contributed by atoms with E-state index in [0.717, 1.165) is 6.07 Å². The van der Waals surface area contributed by atoms with Gasteiger partial charge in [-0.25, -0.2) is 12.8 Å². The molecule has 2 unspecified atom stereocenters. The third-order valence-electron chi connectivity index (χ3n) is 3.64. The first kappa shape index (κ1) is 16.3. The molecule has 0 amide bonds. The molecule has 1 aliphatic heterocycles. The van der Waals surface area contributed by atoms with Crippen molar-refractivity contribution in [2.75, 3.05) is 27.3 Å². The smallest absolute Gasteiger partial charge is 0.246 e. The lowest BCUT2D eigenvalue weighted by molar-refractivity contribution is -0.00461. The highest BCUT2D eigenvalue weighted by molar-refractivity contribution is 7.89. The maximum absolute atomic E-state index is 13.9. The number of ether oxygens (including phenoxy) is 2. The Morgan fingerprint density at radius 3 is 2.33 bits per heavy atom. The van der Waals surface area contributed by atoms with Crippen molar-refractivity contribution in [3.8, 4) is 0 Å². The molecule has 1 heterocycles. The maximum atomic E-state index is 13.9. The Morgan fingerprint density at radius 2 is 1.86 bits per heavy atom. The standard InChI is InChI=1S/C13H19FN2O4S/c1-19-11-7-16(8-12(11)20-2)21(17,18)13-5-9(6-15)3-4-10(13)14/h3-5,11-12H,6-8,15H2,1-2H3. The van der Waals surface area contributed by atoms with Crippen LogP contribution in [0.4, 0.5) is 4.39 Å². The van der Waals surface area contributed by atoms with Crippen LogP contribution in [0.15, 0.2) is 23.1 Å². The molecule has 0 bridgehead atoms. The summed E-state index contributed by atoms with van der Waals surface area (Å²) < 4.78 is 50.7. The minimum absolute atomic E-state index is 0.129. The van der Waals surface area contributed by atoms with E-state index in [0.29, 0.717) is 5.56 Å². The van der Waals surface area contributed by atoms with Gasteiger partial charge in [-0.3, -0.25) is 0 Å². The van der Waals surface area contributed by atoms with Crippen molar-refractivity contribution in [2.45, 2.75) is 23.6 Å². The van der Waals surface area contributed by atoms with E-state index < -0.39 is 15.8 Å². The highest BCUT2D eigenvalue weighted by Gasteiger charge is 2.40. The fraction of sp³-hybridized carbons (Fsp3) is 0.538. The number of nitrogens with two attached hydrogens (primary N) is 1. The van der Waals surface area contributed by atoms with Crippen LogP contribution in [0, 0.1) is 5.82 Å². The van der Waals surface area contributed by atoms with Crippen LogP contribution in [0.1, 0.15) is 5.56 Å². The fourth-order valence-corrected chi connectivity index (χ4v) is 3.95. The van der Waals surface area contributed by atoms with Gasteiger partial charge in [0.15, 0.2) is 0 Å². The van der Waals surface area contributed by atoms with Crippen molar-refractivity contribution in [3.63, 3.8) is 0 Å². The first-order valence-electron chi connectivity index (χ1n) is 6.48. The van der Waals surface area contributed by atoms with Crippen molar-refractivity contribution in [2.24, 2.45) is 5.73 Å². The Kier molecular flexibility index (Phi) is 4.95. The number of halogens is 1. The van der Waals surface area contributed by atoms with Crippen LogP contribution in [0.5, 0.6) is 0 Å². The van der Waals surface area contributed by atoms with Crippen LogP contribution in [-0.2, 0) is 26.0 Å². The maximum Gasteiger partial charge on any atom is 0.246 e. The Balaban J connectivity index is 2.35. The molecule has 0 saturated carbocycles. The molecule has 6 nitrogen and oxygen atoms in total. The van der Waals surface area contributed by atoms with E-state index in [1.807, 2.05) is 0 Å². The summed E-state index contributed by atoms with van der Waals surface area (Å²) in [6.07, 6.45) is -0.740. The minimum Gasteiger partial charge on any atom is -0.377 e. The van der Waals surface area contributed by atoms with Crippen LogP contribution < -0.4 is 5.73 Å². The van der Waals surface area contributed by atoms with Gasteiger partial charge in [0, 0.05) is 33.9 Å². The van der Waals surface area contributed by atoms with E-state index in [1.165, 1.54) is 30.7 Å². The molecule has 2 N–H and O–H groups in total. The zero-order valence-corrected chi connectivity index (χ0v) is 12.8. The van der Waals surface area contributed by atoms with E-state index >= 15 is 0 Å². The number of rotatable bonds is 5. The van der Waals surface area contributed by atoms with Gasteiger partial charge in [0.25, 0.3) is 0 Å². The molecule has 0 radical (unpaired) electrons. The van der Waals surface area contributed by atoms with Crippen LogP contribution in [0.2, 0.25) is 0 Å². The summed E-state index contributed by atoms with van der Waals surface area (Å²) in [5.41, 5.74) is 6.04. The van der Waals surface area contributed by atoms with Crippen LogP contribution in [-0.4, -0.2) is 52.2 Å². The van der Waals surface area contributed by atoms with Crippen molar-refractivity contribution >= 4 is 10.0 Å². The third-order valence-corrected chi connectivity index (χ3v) is 5.48. The van der Waals surface area contributed by atoms with Gasteiger partial charge in [-0.1, -0.05) is 6.07 Å². The monoisotopic (exact) mass is 318 g/mol. The van der Waals surface area contributed by atoms with Gasteiger partial charge in [-0.05, 0) is 17.7 Å². The van der Waals surface area contributed by atoms with Gasteiger partial charge in [0.05, 0.1) is 12.2 Å². The van der Waals surface area contributed by atoms with Crippen molar-refractivity contribution in [1.29, 1.82) is 0 Å². The van der Waals surface area contributed by atoms with Crippen LogP contribution >= 0.6 is 0 Å². The highest BCUT2D eigenvalue weighted by atomic mass is 32.2. The minimum atomic E-state index is -3.95. The predicted octanol–water partition coefficient (Wildman–Crippen LogP) is 0.319. The number of sulfonamides is 1. The van der Waals surface area contributed by atoms with Gasteiger partial charge in [-0.2, -0.15) is 4.31 Å². The molecule has 2 atom stereocenters. The molecule has 1 aromatic carbocycles. The molecule has 1 saturated heterocycles. The Labute approximate surface area is 123 Å². The van der Waals surface area contributed by atoms with E-state index in [1.54, 1.807) is 0 Å². The summed E-state index contributed by atoms with van der Waals surface area (Å²) in [5.74, 6) is -0.790. The fourth-order valence-electron chi connectivity index (χ4n) is 2.37. The molecular weight excluding hydrogens is 299 g/mol. The van der Waals surface area contributed by atoms with Gasteiger partial charge in [-0.15, -0.1) is 0 Å². The molecule has 1 aromatic rings.